The van der Waals surface area contributed by atoms with Crippen LogP contribution in [-0.4, -0.2) is 5.97 Å². The Hall–Kier alpha value is -0.580. The van der Waals surface area contributed by atoms with Crippen LogP contribution in [0.25, 0.3) is 0 Å². The van der Waals surface area contributed by atoms with Gasteiger partial charge in [0, 0.05) is 3.57 Å². The highest BCUT2D eigenvalue weighted by atomic mass is 127. The molecule has 1 aromatic rings. The van der Waals surface area contributed by atoms with Gasteiger partial charge in [0.05, 0.1) is 5.56 Å². The first-order chi connectivity index (χ1) is 5.24. The van der Waals surface area contributed by atoms with Crippen molar-refractivity contribution in [2.24, 2.45) is 0 Å². The minimum atomic E-state index is -0.400. The normalized spacial score (nSPS) is 9.27. The third kappa shape index (κ3) is 2.18. The molecule has 0 aliphatic heterocycles. The van der Waals surface area contributed by atoms with Crippen LogP contribution in [0.15, 0.2) is 24.3 Å². The Morgan fingerprint density at radius 1 is 1.55 bits per heavy atom. The van der Waals surface area contributed by atoms with Crippen molar-refractivity contribution in [3.63, 3.8) is 0 Å². The first-order valence-electron chi connectivity index (χ1n) is 2.96. The van der Waals surface area contributed by atoms with Gasteiger partial charge in [0.25, 0.3) is 0 Å². The molecule has 0 spiro atoms. The third-order valence-electron chi connectivity index (χ3n) is 1.19. The molecule has 0 fully saturated rings. The molecule has 57 valence electrons. The van der Waals surface area contributed by atoms with Crippen molar-refractivity contribution in [2.75, 3.05) is 0 Å². The van der Waals surface area contributed by atoms with Crippen LogP contribution in [0.1, 0.15) is 10.4 Å². The van der Waals surface area contributed by atoms with Crippen LogP contribution in [0.2, 0.25) is 0 Å². The van der Waals surface area contributed by atoms with E-state index in [2.05, 4.69) is 34.4 Å². The van der Waals surface area contributed by atoms with Crippen LogP contribution >= 0.6 is 22.6 Å². The van der Waals surface area contributed by atoms with Gasteiger partial charge in [-0.15, -0.1) is 0 Å². The summed E-state index contributed by atoms with van der Waals surface area (Å²) in [6.45, 7) is 0. The predicted octanol–water partition coefficient (Wildman–Crippen LogP) is 2.24. The van der Waals surface area contributed by atoms with Gasteiger partial charge in [-0.1, -0.05) is 6.07 Å². The van der Waals surface area contributed by atoms with Gasteiger partial charge in [-0.3, -0.25) is 0 Å². The molecule has 0 amide bonds. The molecule has 0 bridgehead atoms. The highest BCUT2D eigenvalue weighted by molar-refractivity contribution is 14.1. The monoisotopic (exact) mass is 261 g/mol. The zero-order chi connectivity index (χ0) is 8.27. The van der Waals surface area contributed by atoms with Crippen molar-refractivity contribution >= 4 is 28.6 Å². The first kappa shape index (κ1) is 8.52. The van der Waals surface area contributed by atoms with E-state index in [4.69, 9.17) is 0 Å². The molecule has 0 unspecified atom stereocenters. The lowest BCUT2D eigenvalue weighted by molar-refractivity contribution is 0.0654. The summed E-state index contributed by atoms with van der Waals surface area (Å²) in [5.74, 6) is -0.400. The van der Waals surface area contributed by atoms with E-state index in [0.29, 0.717) is 5.56 Å². The number of rotatable bonds is 1. The average Bonchev–Trinajstić information content (AvgIpc) is 2.03. The largest absolute Gasteiger partial charge is 0.458 e. The average molecular weight is 261 g/mol. The SMILES string of the molecule is [CH2]OC(=O)c1cccc(I)c1. The molecule has 2 nitrogen and oxygen atoms in total. The number of benzene rings is 1. The fraction of sp³-hybridized carbons (Fsp3) is 0. The van der Waals surface area contributed by atoms with Gasteiger partial charge in [0.15, 0.2) is 0 Å². The topological polar surface area (TPSA) is 26.3 Å². The molecule has 0 aromatic heterocycles. The van der Waals surface area contributed by atoms with E-state index in [9.17, 15) is 4.79 Å². The molecule has 0 atom stereocenters. The molecule has 1 rings (SSSR count). The fourth-order valence-corrected chi connectivity index (χ4v) is 1.24. The van der Waals surface area contributed by atoms with Crippen molar-refractivity contribution < 1.29 is 9.53 Å². The molecule has 11 heavy (non-hydrogen) atoms. The van der Waals surface area contributed by atoms with Crippen LogP contribution in [0.4, 0.5) is 0 Å². The summed E-state index contributed by atoms with van der Waals surface area (Å²) in [6, 6.07) is 7.14. The Morgan fingerprint density at radius 3 is 2.82 bits per heavy atom. The second-order valence-corrected chi connectivity index (χ2v) is 3.19. The van der Waals surface area contributed by atoms with E-state index < -0.39 is 5.97 Å². The predicted molar refractivity (Wildman–Crippen MR) is 49.9 cm³/mol. The molecular formula is C8H6IO2. The number of hydrogen-bond donors (Lipinski definition) is 0. The maximum atomic E-state index is 10.9. The van der Waals surface area contributed by atoms with Crippen molar-refractivity contribution in [1.82, 2.24) is 0 Å². The summed E-state index contributed by atoms with van der Waals surface area (Å²) >= 11 is 2.13. The van der Waals surface area contributed by atoms with Crippen molar-refractivity contribution in [3.05, 3.63) is 40.5 Å². The Kier molecular flexibility index (Phi) is 2.87. The lowest BCUT2D eigenvalue weighted by atomic mass is 10.2. The molecular weight excluding hydrogens is 255 g/mol. The van der Waals surface area contributed by atoms with E-state index in [-0.39, 0.29) is 0 Å². The summed E-state index contributed by atoms with van der Waals surface area (Å²) in [7, 11) is 3.04. The van der Waals surface area contributed by atoms with E-state index in [1.165, 1.54) is 0 Å². The third-order valence-corrected chi connectivity index (χ3v) is 1.86. The van der Waals surface area contributed by atoms with E-state index in [0.717, 1.165) is 3.57 Å². The van der Waals surface area contributed by atoms with Gasteiger partial charge in [-0.2, -0.15) is 0 Å². The first-order valence-corrected chi connectivity index (χ1v) is 4.04. The summed E-state index contributed by atoms with van der Waals surface area (Å²) < 4.78 is 5.30. The Balaban J connectivity index is 2.96. The Morgan fingerprint density at radius 2 is 2.27 bits per heavy atom. The molecule has 0 N–H and O–H groups in total. The zero-order valence-corrected chi connectivity index (χ0v) is 7.87. The smallest absolute Gasteiger partial charge is 0.338 e. The van der Waals surface area contributed by atoms with Crippen molar-refractivity contribution in [3.8, 4) is 0 Å². The summed E-state index contributed by atoms with van der Waals surface area (Å²) in [5, 5.41) is 0. The zero-order valence-electron chi connectivity index (χ0n) is 5.71. The summed E-state index contributed by atoms with van der Waals surface area (Å²) in [5.41, 5.74) is 0.534. The second-order valence-electron chi connectivity index (χ2n) is 1.94. The number of esters is 1. The molecule has 1 radical (unpaired) electrons. The molecule has 0 saturated carbocycles. The van der Waals surface area contributed by atoms with Gasteiger partial charge in [0.2, 0.25) is 0 Å². The van der Waals surface area contributed by atoms with Crippen LogP contribution in [0, 0.1) is 10.7 Å². The van der Waals surface area contributed by atoms with Gasteiger partial charge < -0.3 is 4.74 Å². The minimum absolute atomic E-state index is 0.400. The fourth-order valence-electron chi connectivity index (χ4n) is 0.699. The van der Waals surface area contributed by atoms with Crippen LogP contribution < -0.4 is 0 Å². The number of carbonyl (C=O) groups excluding carboxylic acids is 1. The number of carbonyl (C=O) groups is 1. The lowest BCUT2D eigenvalue weighted by Crippen LogP contribution is -1.99. The number of halogens is 1. The van der Waals surface area contributed by atoms with Gasteiger partial charge in [-0.25, -0.2) is 4.79 Å². The Bertz CT molecular complexity index is 271. The molecule has 0 saturated heterocycles. The highest BCUT2D eigenvalue weighted by Crippen LogP contribution is 2.08. The van der Waals surface area contributed by atoms with Gasteiger partial charge in [0.1, 0.15) is 7.11 Å². The number of hydrogen-bond acceptors (Lipinski definition) is 2. The van der Waals surface area contributed by atoms with Gasteiger partial charge in [-0.05, 0) is 40.8 Å². The van der Waals surface area contributed by atoms with E-state index >= 15 is 0 Å². The van der Waals surface area contributed by atoms with Gasteiger partial charge >= 0.3 is 5.97 Å². The molecule has 3 heteroatoms. The lowest BCUT2D eigenvalue weighted by Gasteiger charge is -1.97. The summed E-state index contributed by atoms with van der Waals surface area (Å²) in [6.07, 6.45) is 0. The van der Waals surface area contributed by atoms with Crippen LogP contribution in [0.3, 0.4) is 0 Å². The molecule has 0 aliphatic rings. The molecule has 0 heterocycles. The maximum Gasteiger partial charge on any atom is 0.338 e. The Labute approximate surface area is 78.7 Å². The van der Waals surface area contributed by atoms with Crippen LogP contribution in [0.5, 0.6) is 0 Å². The molecule has 0 aliphatic carbocycles. The summed E-state index contributed by atoms with van der Waals surface area (Å²) in [4.78, 5) is 10.9. The van der Waals surface area contributed by atoms with Crippen molar-refractivity contribution in [1.29, 1.82) is 0 Å². The minimum Gasteiger partial charge on any atom is -0.458 e. The van der Waals surface area contributed by atoms with E-state index in [1.807, 2.05) is 6.07 Å². The van der Waals surface area contributed by atoms with E-state index in [1.54, 1.807) is 18.2 Å². The maximum absolute atomic E-state index is 10.9. The number of ether oxygens (including phenoxy) is 1. The van der Waals surface area contributed by atoms with Crippen molar-refractivity contribution in [2.45, 2.75) is 0 Å². The quantitative estimate of drug-likeness (QED) is 0.572. The highest BCUT2D eigenvalue weighted by Gasteiger charge is 2.03. The molecule has 1 aromatic carbocycles. The van der Waals surface area contributed by atoms with Crippen LogP contribution in [-0.2, 0) is 4.74 Å². The standard InChI is InChI=1S/C8H6IO2/c1-11-8(10)6-3-2-4-7(9)5-6/h2-5H,1H2. The second kappa shape index (κ2) is 3.71.